The Morgan fingerprint density at radius 2 is 1.77 bits per heavy atom. The molecule has 1 heterocycles. The summed E-state index contributed by atoms with van der Waals surface area (Å²) in [6.07, 6.45) is 0.897. The lowest BCUT2D eigenvalue weighted by Crippen LogP contribution is -2.46. The van der Waals surface area contributed by atoms with Crippen LogP contribution in [0.15, 0.2) is 28.7 Å². The van der Waals surface area contributed by atoms with Crippen molar-refractivity contribution in [2.24, 2.45) is 5.92 Å². The van der Waals surface area contributed by atoms with Crippen molar-refractivity contribution >= 4 is 17.7 Å². The Balaban J connectivity index is 1.85. The lowest BCUT2D eigenvalue weighted by atomic mass is 10.1. The van der Waals surface area contributed by atoms with Crippen molar-refractivity contribution in [1.29, 1.82) is 0 Å². The number of rotatable bonds is 9. The number of furan rings is 1. The first-order valence-electron chi connectivity index (χ1n) is 9.96. The van der Waals surface area contributed by atoms with Gasteiger partial charge in [-0.2, -0.15) is 0 Å². The summed E-state index contributed by atoms with van der Waals surface area (Å²) < 4.78 is 16.3. The lowest BCUT2D eigenvalue weighted by Gasteiger charge is -2.13. The van der Waals surface area contributed by atoms with Crippen LogP contribution in [-0.2, 0) is 4.79 Å². The van der Waals surface area contributed by atoms with Crippen molar-refractivity contribution < 1.29 is 28.3 Å². The molecule has 168 valence electrons. The Labute approximate surface area is 181 Å². The molecule has 0 fully saturated rings. The van der Waals surface area contributed by atoms with E-state index in [2.05, 4.69) is 30.0 Å². The zero-order valence-corrected chi connectivity index (χ0v) is 18.5. The van der Waals surface area contributed by atoms with Crippen LogP contribution in [0.5, 0.6) is 11.5 Å². The fourth-order valence-corrected chi connectivity index (χ4v) is 2.69. The van der Waals surface area contributed by atoms with Crippen LogP contribution in [0.25, 0.3) is 0 Å². The molecule has 0 radical (unpaired) electrons. The Kier molecular flexibility index (Phi) is 8.48. The van der Waals surface area contributed by atoms with E-state index in [-0.39, 0.29) is 12.1 Å². The molecule has 3 amide bonds. The second kappa shape index (κ2) is 11.1. The molecule has 0 atom stereocenters. The van der Waals surface area contributed by atoms with E-state index in [1.165, 1.54) is 13.2 Å². The van der Waals surface area contributed by atoms with Crippen LogP contribution >= 0.6 is 0 Å². The molecule has 0 unspecified atom stereocenters. The Morgan fingerprint density at radius 1 is 1.03 bits per heavy atom. The van der Waals surface area contributed by atoms with Gasteiger partial charge in [0.15, 0.2) is 11.5 Å². The number of carbonyl (C=O) groups excluding carboxylic acids is 3. The maximum Gasteiger partial charge on any atom is 0.269 e. The zero-order chi connectivity index (χ0) is 23.0. The number of hydrazine groups is 1. The number of hydrogen-bond donors (Lipinski definition) is 3. The monoisotopic (exact) mass is 431 g/mol. The molecule has 9 heteroatoms. The SMILES string of the molecule is COc1cc(C(=O)NNC(=O)CNC(=O)c2cc(C)oc2C)ccc1OCCC(C)C. The number of benzene rings is 1. The van der Waals surface area contributed by atoms with Gasteiger partial charge in [0.2, 0.25) is 0 Å². The molecule has 9 nitrogen and oxygen atoms in total. The number of aryl methyl sites for hydroxylation is 2. The summed E-state index contributed by atoms with van der Waals surface area (Å²) in [5.74, 6) is 0.983. The molecular weight excluding hydrogens is 402 g/mol. The second-order valence-electron chi connectivity index (χ2n) is 7.41. The molecule has 0 aliphatic heterocycles. The van der Waals surface area contributed by atoms with Crippen LogP contribution in [-0.4, -0.2) is 38.0 Å². The first-order chi connectivity index (χ1) is 14.7. The van der Waals surface area contributed by atoms with E-state index in [0.717, 1.165) is 6.42 Å². The fraction of sp³-hybridized carbons (Fsp3) is 0.409. The average Bonchev–Trinajstić information content (AvgIpc) is 3.08. The number of hydrogen-bond acceptors (Lipinski definition) is 6. The molecule has 0 spiro atoms. The number of amides is 3. The van der Waals surface area contributed by atoms with Gasteiger partial charge in [0.05, 0.1) is 25.8 Å². The highest BCUT2D eigenvalue weighted by atomic mass is 16.5. The molecule has 0 saturated carbocycles. The van der Waals surface area contributed by atoms with Crippen molar-refractivity contribution in [2.45, 2.75) is 34.1 Å². The zero-order valence-electron chi connectivity index (χ0n) is 18.5. The minimum atomic E-state index is -0.583. The van der Waals surface area contributed by atoms with Crippen LogP contribution in [0, 0.1) is 19.8 Å². The van der Waals surface area contributed by atoms with Gasteiger partial charge in [-0.05, 0) is 50.5 Å². The average molecular weight is 431 g/mol. The Morgan fingerprint density at radius 3 is 2.39 bits per heavy atom. The van der Waals surface area contributed by atoms with Crippen molar-refractivity contribution in [3.05, 3.63) is 46.9 Å². The predicted octanol–water partition coefficient (Wildman–Crippen LogP) is 2.52. The third-order valence-corrected chi connectivity index (χ3v) is 4.39. The molecule has 0 saturated heterocycles. The van der Waals surface area contributed by atoms with Crippen molar-refractivity contribution in [3.63, 3.8) is 0 Å². The summed E-state index contributed by atoms with van der Waals surface area (Å²) in [5.41, 5.74) is 5.20. The summed E-state index contributed by atoms with van der Waals surface area (Å²) in [5, 5.41) is 2.47. The summed E-state index contributed by atoms with van der Waals surface area (Å²) in [6.45, 7) is 7.83. The maximum absolute atomic E-state index is 12.3. The Hall–Kier alpha value is -3.49. The van der Waals surface area contributed by atoms with Gasteiger partial charge in [0.25, 0.3) is 17.7 Å². The summed E-state index contributed by atoms with van der Waals surface area (Å²) in [7, 11) is 1.49. The molecular formula is C22H29N3O6. The van der Waals surface area contributed by atoms with E-state index in [0.29, 0.717) is 41.1 Å². The largest absolute Gasteiger partial charge is 0.493 e. The van der Waals surface area contributed by atoms with Gasteiger partial charge in [0.1, 0.15) is 11.5 Å². The number of nitrogens with one attached hydrogen (secondary N) is 3. The molecule has 0 aliphatic carbocycles. The van der Waals surface area contributed by atoms with Crippen LogP contribution in [0.3, 0.4) is 0 Å². The van der Waals surface area contributed by atoms with Gasteiger partial charge in [-0.1, -0.05) is 13.8 Å². The van der Waals surface area contributed by atoms with E-state index in [1.807, 2.05) is 0 Å². The minimum absolute atomic E-state index is 0.280. The van der Waals surface area contributed by atoms with Gasteiger partial charge in [-0.3, -0.25) is 25.2 Å². The van der Waals surface area contributed by atoms with E-state index < -0.39 is 17.7 Å². The van der Waals surface area contributed by atoms with Crippen LogP contribution in [0.1, 0.15) is 52.5 Å². The first kappa shape index (κ1) is 23.8. The predicted molar refractivity (Wildman–Crippen MR) is 114 cm³/mol. The summed E-state index contributed by atoms with van der Waals surface area (Å²) >= 11 is 0. The topological polar surface area (TPSA) is 119 Å². The number of ether oxygens (including phenoxy) is 2. The van der Waals surface area contributed by atoms with Crippen molar-refractivity contribution in [2.75, 3.05) is 20.3 Å². The van der Waals surface area contributed by atoms with Crippen LogP contribution in [0.2, 0.25) is 0 Å². The third kappa shape index (κ3) is 7.06. The minimum Gasteiger partial charge on any atom is -0.493 e. The molecule has 1 aromatic carbocycles. The molecule has 31 heavy (non-hydrogen) atoms. The smallest absolute Gasteiger partial charge is 0.269 e. The van der Waals surface area contributed by atoms with E-state index >= 15 is 0 Å². The van der Waals surface area contributed by atoms with Crippen molar-refractivity contribution in [3.8, 4) is 11.5 Å². The molecule has 2 rings (SSSR count). The molecule has 2 aromatic rings. The highest BCUT2D eigenvalue weighted by Crippen LogP contribution is 2.28. The second-order valence-corrected chi connectivity index (χ2v) is 7.41. The van der Waals surface area contributed by atoms with Crippen molar-refractivity contribution in [1.82, 2.24) is 16.2 Å². The molecule has 3 N–H and O–H groups in total. The first-order valence-corrected chi connectivity index (χ1v) is 9.96. The number of methoxy groups -OCH3 is 1. The maximum atomic E-state index is 12.3. The summed E-state index contributed by atoms with van der Waals surface area (Å²) in [4.78, 5) is 36.4. The highest BCUT2D eigenvalue weighted by molar-refractivity contribution is 5.98. The Bertz CT molecular complexity index is 935. The van der Waals surface area contributed by atoms with E-state index in [4.69, 9.17) is 13.9 Å². The van der Waals surface area contributed by atoms with E-state index in [9.17, 15) is 14.4 Å². The van der Waals surface area contributed by atoms with Gasteiger partial charge in [-0.25, -0.2) is 0 Å². The van der Waals surface area contributed by atoms with Gasteiger partial charge < -0.3 is 19.2 Å². The fourth-order valence-electron chi connectivity index (χ4n) is 2.69. The molecule has 1 aromatic heterocycles. The third-order valence-electron chi connectivity index (χ3n) is 4.39. The molecule has 0 aliphatic rings. The normalized spacial score (nSPS) is 10.5. The summed E-state index contributed by atoms with van der Waals surface area (Å²) in [6, 6.07) is 6.33. The van der Waals surface area contributed by atoms with Gasteiger partial charge >= 0.3 is 0 Å². The highest BCUT2D eigenvalue weighted by Gasteiger charge is 2.15. The standard InChI is InChI=1S/C22H29N3O6/c1-13(2)8-9-30-18-7-6-16(11-19(18)29-5)21(27)25-24-20(26)12-23-22(28)17-10-14(3)31-15(17)4/h6-7,10-11,13H,8-9,12H2,1-5H3,(H,23,28)(H,24,26)(H,25,27). The van der Waals surface area contributed by atoms with Gasteiger partial charge in [0, 0.05) is 5.56 Å². The van der Waals surface area contributed by atoms with Gasteiger partial charge in [-0.15, -0.1) is 0 Å². The molecule has 0 bridgehead atoms. The van der Waals surface area contributed by atoms with Crippen LogP contribution < -0.4 is 25.6 Å². The van der Waals surface area contributed by atoms with E-state index in [1.54, 1.807) is 32.0 Å². The van der Waals surface area contributed by atoms with Crippen LogP contribution in [0.4, 0.5) is 0 Å². The number of carbonyl (C=O) groups is 3. The lowest BCUT2D eigenvalue weighted by molar-refractivity contribution is -0.120. The quantitative estimate of drug-likeness (QED) is 0.525.